The van der Waals surface area contributed by atoms with Crippen LogP contribution >= 0.6 is 0 Å². The fourth-order valence-electron chi connectivity index (χ4n) is 1.37. The van der Waals surface area contributed by atoms with E-state index in [1.165, 1.54) is 12.0 Å². The first kappa shape index (κ1) is 14.4. The molecule has 0 spiro atoms. The molecule has 18 heavy (non-hydrogen) atoms. The molecule has 6 heteroatoms. The van der Waals surface area contributed by atoms with Gasteiger partial charge in [-0.2, -0.15) is 0 Å². The second-order valence-corrected chi connectivity index (χ2v) is 4.12. The van der Waals surface area contributed by atoms with Crippen LogP contribution < -0.4 is 5.32 Å². The topological polar surface area (TPSA) is 74.7 Å². The number of amides is 1. The van der Waals surface area contributed by atoms with E-state index >= 15 is 0 Å². The molecule has 1 unspecified atom stereocenters. The smallest absolute Gasteiger partial charge is 0.272 e. The van der Waals surface area contributed by atoms with E-state index < -0.39 is 6.10 Å². The summed E-state index contributed by atoms with van der Waals surface area (Å²) >= 11 is 0. The van der Waals surface area contributed by atoms with Gasteiger partial charge in [0.1, 0.15) is 5.69 Å². The standard InChI is InChI=1S/C12H19N3O3/c1-15(2)12(17)11-6-9(4-5-13-11)14-7-10(16)8-18-3/h4-6,10,16H,7-8H2,1-3H3,(H,13,14). The minimum atomic E-state index is -0.587. The van der Waals surface area contributed by atoms with Crippen molar-refractivity contribution >= 4 is 11.6 Å². The van der Waals surface area contributed by atoms with Crippen LogP contribution in [-0.2, 0) is 4.74 Å². The first-order valence-electron chi connectivity index (χ1n) is 5.63. The summed E-state index contributed by atoms with van der Waals surface area (Å²) in [6.07, 6.45) is 0.970. The van der Waals surface area contributed by atoms with Crippen molar-refractivity contribution < 1.29 is 14.6 Å². The average Bonchev–Trinajstić information content (AvgIpc) is 2.36. The molecule has 0 aliphatic heterocycles. The number of aliphatic hydroxyl groups excluding tert-OH is 1. The van der Waals surface area contributed by atoms with Gasteiger partial charge in [-0.15, -0.1) is 0 Å². The molecular weight excluding hydrogens is 234 g/mol. The van der Waals surface area contributed by atoms with Crippen molar-refractivity contribution in [1.82, 2.24) is 9.88 Å². The van der Waals surface area contributed by atoms with Crippen LogP contribution in [0.1, 0.15) is 10.5 Å². The molecule has 1 atom stereocenters. The number of hydrogen-bond acceptors (Lipinski definition) is 5. The van der Waals surface area contributed by atoms with Crippen LogP contribution in [0, 0.1) is 0 Å². The van der Waals surface area contributed by atoms with Crippen LogP contribution in [0.15, 0.2) is 18.3 Å². The zero-order valence-electron chi connectivity index (χ0n) is 10.9. The number of pyridine rings is 1. The summed E-state index contributed by atoms with van der Waals surface area (Å²) in [6.45, 7) is 0.620. The van der Waals surface area contributed by atoms with E-state index in [1.54, 1.807) is 32.4 Å². The molecule has 6 nitrogen and oxygen atoms in total. The molecule has 1 aromatic rings. The van der Waals surface area contributed by atoms with Crippen LogP contribution in [-0.4, -0.2) is 61.4 Å². The average molecular weight is 253 g/mol. The van der Waals surface area contributed by atoms with Gasteiger partial charge in [-0.3, -0.25) is 9.78 Å². The van der Waals surface area contributed by atoms with Gasteiger partial charge < -0.3 is 20.1 Å². The Bertz CT molecular complexity index is 396. The van der Waals surface area contributed by atoms with Gasteiger partial charge in [-0.25, -0.2) is 0 Å². The molecule has 0 aliphatic rings. The molecule has 0 fully saturated rings. The minimum absolute atomic E-state index is 0.156. The Labute approximate surface area is 107 Å². The van der Waals surface area contributed by atoms with Crippen molar-refractivity contribution in [3.63, 3.8) is 0 Å². The summed E-state index contributed by atoms with van der Waals surface area (Å²) in [5.74, 6) is -0.156. The van der Waals surface area contributed by atoms with Gasteiger partial charge in [-0.05, 0) is 12.1 Å². The lowest BCUT2D eigenvalue weighted by Gasteiger charge is -2.13. The quantitative estimate of drug-likeness (QED) is 0.757. The van der Waals surface area contributed by atoms with E-state index in [0.717, 1.165) is 5.69 Å². The Morgan fingerprint density at radius 1 is 1.61 bits per heavy atom. The summed E-state index contributed by atoms with van der Waals surface area (Å²) in [7, 11) is 4.88. The minimum Gasteiger partial charge on any atom is -0.389 e. The number of methoxy groups -OCH3 is 1. The number of carbonyl (C=O) groups is 1. The zero-order valence-corrected chi connectivity index (χ0v) is 10.9. The van der Waals surface area contributed by atoms with E-state index in [4.69, 9.17) is 4.74 Å². The molecular formula is C12H19N3O3. The van der Waals surface area contributed by atoms with Crippen molar-refractivity contribution in [3.8, 4) is 0 Å². The second-order valence-electron chi connectivity index (χ2n) is 4.12. The molecule has 0 radical (unpaired) electrons. The normalized spacial score (nSPS) is 12.0. The Hall–Kier alpha value is -1.66. The van der Waals surface area contributed by atoms with Crippen molar-refractivity contribution in [1.29, 1.82) is 0 Å². The summed E-state index contributed by atoms with van der Waals surface area (Å²) in [6, 6.07) is 3.40. The highest BCUT2D eigenvalue weighted by molar-refractivity contribution is 5.92. The van der Waals surface area contributed by atoms with Gasteiger partial charge in [0, 0.05) is 39.6 Å². The predicted octanol–water partition coefficient (Wildman–Crippen LogP) is 0.203. The van der Waals surface area contributed by atoms with Crippen molar-refractivity contribution in [2.24, 2.45) is 0 Å². The number of carbonyl (C=O) groups excluding carboxylic acids is 1. The maximum Gasteiger partial charge on any atom is 0.272 e. The number of hydrogen-bond donors (Lipinski definition) is 2. The fourth-order valence-corrected chi connectivity index (χ4v) is 1.37. The number of anilines is 1. The second kappa shape index (κ2) is 6.93. The first-order valence-corrected chi connectivity index (χ1v) is 5.63. The SMILES string of the molecule is COCC(O)CNc1ccnc(C(=O)N(C)C)c1. The Balaban J connectivity index is 2.62. The van der Waals surface area contributed by atoms with Crippen molar-refractivity contribution in [3.05, 3.63) is 24.0 Å². The van der Waals surface area contributed by atoms with Crippen molar-refractivity contribution in [2.75, 3.05) is 39.7 Å². The highest BCUT2D eigenvalue weighted by Crippen LogP contribution is 2.09. The molecule has 0 saturated heterocycles. The Morgan fingerprint density at radius 2 is 2.33 bits per heavy atom. The monoisotopic (exact) mass is 253 g/mol. The largest absolute Gasteiger partial charge is 0.389 e. The molecule has 0 bridgehead atoms. The van der Waals surface area contributed by atoms with Gasteiger partial charge in [0.05, 0.1) is 12.7 Å². The van der Waals surface area contributed by atoms with Crippen LogP contribution in [0.3, 0.4) is 0 Å². The number of ether oxygens (including phenoxy) is 1. The van der Waals surface area contributed by atoms with E-state index in [0.29, 0.717) is 12.2 Å². The summed E-state index contributed by atoms with van der Waals surface area (Å²) in [5.41, 5.74) is 1.11. The third-order valence-electron chi connectivity index (χ3n) is 2.29. The Morgan fingerprint density at radius 3 is 2.94 bits per heavy atom. The summed E-state index contributed by atoms with van der Waals surface area (Å²) in [5, 5.41) is 12.5. The number of nitrogens with one attached hydrogen (secondary N) is 1. The van der Waals surface area contributed by atoms with Gasteiger partial charge in [-0.1, -0.05) is 0 Å². The molecule has 1 heterocycles. The molecule has 0 aromatic carbocycles. The molecule has 1 aromatic heterocycles. The molecule has 0 saturated carbocycles. The molecule has 100 valence electrons. The Kier molecular flexibility index (Phi) is 5.54. The fraction of sp³-hybridized carbons (Fsp3) is 0.500. The van der Waals surface area contributed by atoms with Crippen molar-refractivity contribution in [2.45, 2.75) is 6.10 Å². The lowest BCUT2D eigenvalue weighted by atomic mass is 10.2. The van der Waals surface area contributed by atoms with E-state index in [9.17, 15) is 9.90 Å². The maximum atomic E-state index is 11.7. The summed E-state index contributed by atoms with van der Waals surface area (Å²) in [4.78, 5) is 17.2. The molecule has 1 rings (SSSR count). The van der Waals surface area contributed by atoms with E-state index in [1.807, 2.05) is 0 Å². The number of nitrogens with zero attached hydrogens (tertiary/aromatic N) is 2. The number of aliphatic hydroxyl groups is 1. The highest BCUT2D eigenvalue weighted by atomic mass is 16.5. The van der Waals surface area contributed by atoms with E-state index in [-0.39, 0.29) is 12.5 Å². The third kappa shape index (κ3) is 4.31. The van der Waals surface area contributed by atoms with Crippen LogP contribution in [0.4, 0.5) is 5.69 Å². The van der Waals surface area contributed by atoms with Crippen LogP contribution in [0.2, 0.25) is 0 Å². The number of aromatic nitrogens is 1. The highest BCUT2D eigenvalue weighted by Gasteiger charge is 2.10. The van der Waals surface area contributed by atoms with Gasteiger partial charge in [0.25, 0.3) is 5.91 Å². The summed E-state index contributed by atoms with van der Waals surface area (Å²) < 4.78 is 4.82. The van der Waals surface area contributed by atoms with E-state index in [2.05, 4.69) is 10.3 Å². The lowest BCUT2D eigenvalue weighted by Crippen LogP contribution is -2.25. The predicted molar refractivity (Wildman–Crippen MR) is 68.6 cm³/mol. The zero-order chi connectivity index (χ0) is 13.5. The number of rotatable bonds is 6. The molecule has 1 amide bonds. The lowest BCUT2D eigenvalue weighted by molar-refractivity contribution is 0.0727. The first-order chi connectivity index (χ1) is 8.54. The maximum absolute atomic E-state index is 11.7. The van der Waals surface area contributed by atoms with Gasteiger partial charge in [0.2, 0.25) is 0 Å². The molecule has 2 N–H and O–H groups in total. The van der Waals surface area contributed by atoms with Gasteiger partial charge >= 0.3 is 0 Å². The van der Waals surface area contributed by atoms with Crippen LogP contribution in [0.25, 0.3) is 0 Å². The third-order valence-corrected chi connectivity index (χ3v) is 2.29. The van der Waals surface area contributed by atoms with Crippen LogP contribution in [0.5, 0.6) is 0 Å². The van der Waals surface area contributed by atoms with Gasteiger partial charge in [0.15, 0.2) is 0 Å². The molecule has 0 aliphatic carbocycles.